The van der Waals surface area contributed by atoms with E-state index in [4.69, 9.17) is 23.7 Å². The van der Waals surface area contributed by atoms with Gasteiger partial charge in [-0.05, 0) is 35.4 Å². The molecular formula is C37H34O16. The number of carbonyl (C=O) groups excluding carboxylic acids is 2. The Hall–Kier alpha value is -5.78. The van der Waals surface area contributed by atoms with E-state index in [2.05, 4.69) is 0 Å². The van der Waals surface area contributed by atoms with Gasteiger partial charge in [0.2, 0.25) is 6.29 Å². The van der Waals surface area contributed by atoms with Crippen LogP contribution in [0.2, 0.25) is 0 Å². The Morgan fingerprint density at radius 1 is 0.736 bits per heavy atom. The summed E-state index contributed by atoms with van der Waals surface area (Å²) in [4.78, 5) is 28.7. The maximum absolute atomic E-state index is 14.8. The van der Waals surface area contributed by atoms with Gasteiger partial charge in [0, 0.05) is 18.2 Å². The lowest BCUT2D eigenvalue weighted by Gasteiger charge is -2.41. The van der Waals surface area contributed by atoms with Gasteiger partial charge in [-0.15, -0.1) is 0 Å². The minimum absolute atomic E-state index is 0.0608. The summed E-state index contributed by atoms with van der Waals surface area (Å²) in [5.41, 5.74) is -0.354. The van der Waals surface area contributed by atoms with E-state index in [1.807, 2.05) is 0 Å². The minimum Gasteiger partial charge on any atom is -0.508 e. The van der Waals surface area contributed by atoms with Crippen LogP contribution in [0.25, 0.3) is 0 Å². The van der Waals surface area contributed by atoms with Gasteiger partial charge in [-0.1, -0.05) is 18.2 Å². The molecule has 0 amide bonds. The first-order valence-corrected chi connectivity index (χ1v) is 16.3. The van der Waals surface area contributed by atoms with E-state index in [1.165, 1.54) is 49.6 Å². The van der Waals surface area contributed by atoms with Crippen molar-refractivity contribution in [2.24, 2.45) is 0 Å². The number of methoxy groups -OCH3 is 1. The molecule has 278 valence electrons. The standard InChI is InChI=1S/C37H34O16/c1-49-23-8-15(4-7-18(23)41)22-11-20(43)27-21(44)12-25(52-37-34(48)33(47)31(45)26(13-38)53-37)29(36(27)50-22)30-32(46)28-19(42)9-17(40)10-24(28)51-35(30)14-2-5-16(39)6-3-14/h2-10,12,22,26,30-31,33-35,37-42,44-45,47-48H,11,13H2,1H3. The number of fused-ring (bicyclic) bond motifs is 2. The molecule has 0 bridgehead atoms. The van der Waals surface area contributed by atoms with Gasteiger partial charge < -0.3 is 69.6 Å². The van der Waals surface area contributed by atoms with E-state index in [9.17, 15) is 55.5 Å². The second kappa shape index (κ2) is 13.6. The van der Waals surface area contributed by atoms with Crippen LogP contribution in [-0.2, 0) is 4.74 Å². The largest absolute Gasteiger partial charge is 0.508 e. The van der Waals surface area contributed by atoms with Gasteiger partial charge in [-0.25, -0.2) is 0 Å². The van der Waals surface area contributed by atoms with Crippen molar-refractivity contribution in [3.05, 3.63) is 88.5 Å². The van der Waals surface area contributed by atoms with Crippen LogP contribution >= 0.6 is 0 Å². The Kier molecular flexibility index (Phi) is 9.17. The number of aromatic hydroxyl groups is 5. The molecule has 0 spiro atoms. The Morgan fingerprint density at radius 3 is 2.13 bits per heavy atom. The molecule has 1 saturated heterocycles. The van der Waals surface area contributed by atoms with Gasteiger partial charge in [0.25, 0.3) is 0 Å². The molecule has 0 aliphatic carbocycles. The molecule has 3 aliphatic heterocycles. The molecule has 16 nitrogen and oxygen atoms in total. The van der Waals surface area contributed by atoms with Gasteiger partial charge >= 0.3 is 0 Å². The number of aliphatic hydroxyl groups excluding tert-OH is 4. The number of phenols is 5. The lowest BCUT2D eigenvalue weighted by atomic mass is 9.78. The molecule has 0 aromatic heterocycles. The number of Topliss-reactive ketones (excluding diaryl/α,β-unsaturated/α-hetero) is 2. The maximum Gasteiger partial charge on any atom is 0.229 e. The molecule has 4 aromatic rings. The predicted octanol–water partition coefficient (Wildman–Crippen LogP) is 2.21. The van der Waals surface area contributed by atoms with Crippen LogP contribution < -0.4 is 18.9 Å². The van der Waals surface area contributed by atoms with Crippen molar-refractivity contribution in [3.8, 4) is 51.7 Å². The van der Waals surface area contributed by atoms with Crippen molar-refractivity contribution in [3.63, 3.8) is 0 Å². The predicted molar refractivity (Wildman–Crippen MR) is 178 cm³/mol. The van der Waals surface area contributed by atoms with Crippen LogP contribution in [0, 0.1) is 0 Å². The number of phenolic OH excluding ortho intramolecular Hbond substituents is 5. The Balaban J connectivity index is 1.47. The van der Waals surface area contributed by atoms with Gasteiger partial charge in [-0.3, -0.25) is 9.59 Å². The quantitative estimate of drug-likeness (QED) is 0.132. The third kappa shape index (κ3) is 6.15. The van der Waals surface area contributed by atoms with Crippen molar-refractivity contribution in [1.29, 1.82) is 0 Å². The SMILES string of the molecule is COc1cc(C2CC(=O)c3c(O)cc(OC4OC(CO)C(O)C(O)C4O)c(C4C(=O)c5c(O)cc(O)cc5OC4c4ccc(O)cc4)c3O2)ccc1O. The highest BCUT2D eigenvalue weighted by atomic mass is 16.7. The molecule has 9 N–H and O–H groups in total. The van der Waals surface area contributed by atoms with Crippen LogP contribution in [0.3, 0.4) is 0 Å². The van der Waals surface area contributed by atoms with Gasteiger partial charge in [-0.2, -0.15) is 0 Å². The van der Waals surface area contributed by atoms with Crippen molar-refractivity contribution >= 4 is 11.6 Å². The molecular weight excluding hydrogens is 700 g/mol. The zero-order chi connectivity index (χ0) is 37.9. The Labute approximate surface area is 299 Å². The van der Waals surface area contributed by atoms with Crippen LogP contribution in [-0.4, -0.2) is 102 Å². The zero-order valence-corrected chi connectivity index (χ0v) is 27.7. The topological polar surface area (TPSA) is 262 Å². The molecule has 0 radical (unpaired) electrons. The highest BCUT2D eigenvalue weighted by Crippen LogP contribution is 2.56. The molecule has 16 heteroatoms. The third-order valence-corrected chi connectivity index (χ3v) is 9.52. The summed E-state index contributed by atoms with van der Waals surface area (Å²) >= 11 is 0. The lowest BCUT2D eigenvalue weighted by Crippen LogP contribution is -2.60. The van der Waals surface area contributed by atoms with E-state index in [0.717, 1.165) is 18.2 Å². The summed E-state index contributed by atoms with van der Waals surface area (Å²) in [7, 11) is 1.32. The summed E-state index contributed by atoms with van der Waals surface area (Å²) < 4.78 is 29.6. The average Bonchev–Trinajstić information content (AvgIpc) is 3.12. The molecule has 8 unspecified atom stereocenters. The smallest absolute Gasteiger partial charge is 0.229 e. The number of ether oxygens (including phenoxy) is 5. The minimum atomic E-state index is -1.95. The number of carbonyl (C=O) groups is 2. The van der Waals surface area contributed by atoms with Gasteiger partial charge in [0.05, 0.1) is 31.6 Å². The van der Waals surface area contributed by atoms with Crippen molar-refractivity contribution in [2.75, 3.05) is 13.7 Å². The number of hydrogen-bond donors (Lipinski definition) is 9. The van der Waals surface area contributed by atoms with Crippen molar-refractivity contribution in [2.45, 2.75) is 55.3 Å². The van der Waals surface area contributed by atoms with Crippen molar-refractivity contribution < 1.29 is 79.2 Å². The number of hydrogen-bond acceptors (Lipinski definition) is 16. The summed E-state index contributed by atoms with van der Waals surface area (Å²) in [5.74, 6) is -6.12. The van der Waals surface area contributed by atoms with Gasteiger partial charge in [0.1, 0.15) is 88.0 Å². The van der Waals surface area contributed by atoms with Gasteiger partial charge in [0.15, 0.2) is 23.1 Å². The summed E-state index contributed by atoms with van der Waals surface area (Å²) in [6, 6.07) is 12.8. The fourth-order valence-corrected chi connectivity index (χ4v) is 6.88. The first kappa shape index (κ1) is 35.6. The van der Waals surface area contributed by atoms with E-state index in [0.29, 0.717) is 5.56 Å². The molecule has 0 saturated carbocycles. The monoisotopic (exact) mass is 734 g/mol. The Bertz CT molecular complexity index is 2080. The molecule has 8 atom stereocenters. The first-order valence-electron chi connectivity index (χ1n) is 16.3. The van der Waals surface area contributed by atoms with Crippen LogP contribution in [0.4, 0.5) is 0 Å². The summed E-state index contributed by atoms with van der Waals surface area (Å²) in [6.07, 6.45) is -11.6. The zero-order valence-electron chi connectivity index (χ0n) is 27.7. The normalized spacial score (nSPS) is 26.5. The molecule has 7 rings (SSSR count). The van der Waals surface area contributed by atoms with Crippen molar-refractivity contribution in [1.82, 2.24) is 0 Å². The number of aliphatic hydroxyl groups is 4. The second-order valence-corrected chi connectivity index (χ2v) is 12.8. The second-order valence-electron chi connectivity index (χ2n) is 12.8. The fraction of sp³-hybridized carbons (Fsp3) is 0.297. The first-order chi connectivity index (χ1) is 25.3. The lowest BCUT2D eigenvalue weighted by molar-refractivity contribution is -0.277. The van der Waals surface area contributed by atoms with E-state index >= 15 is 0 Å². The van der Waals surface area contributed by atoms with Crippen LogP contribution in [0.15, 0.2) is 60.7 Å². The fourth-order valence-electron chi connectivity index (χ4n) is 6.88. The van der Waals surface area contributed by atoms with E-state index in [-0.39, 0.29) is 57.4 Å². The summed E-state index contributed by atoms with van der Waals surface area (Å²) in [5, 5.41) is 94.4. The molecule has 53 heavy (non-hydrogen) atoms. The third-order valence-electron chi connectivity index (χ3n) is 9.52. The summed E-state index contributed by atoms with van der Waals surface area (Å²) in [6.45, 7) is -0.802. The van der Waals surface area contributed by atoms with Crippen LogP contribution in [0.5, 0.6) is 51.7 Å². The molecule has 3 heterocycles. The number of benzene rings is 4. The molecule has 4 aromatic carbocycles. The maximum atomic E-state index is 14.8. The van der Waals surface area contributed by atoms with E-state index < -0.39 is 90.0 Å². The molecule has 1 fully saturated rings. The Morgan fingerprint density at radius 2 is 1.43 bits per heavy atom. The average molecular weight is 735 g/mol. The number of rotatable bonds is 7. The number of ketones is 2. The highest BCUT2D eigenvalue weighted by Gasteiger charge is 2.49. The highest BCUT2D eigenvalue weighted by molar-refractivity contribution is 6.09. The van der Waals surface area contributed by atoms with E-state index in [1.54, 1.807) is 0 Å². The molecule has 3 aliphatic rings. The van der Waals surface area contributed by atoms with Crippen LogP contribution in [0.1, 0.15) is 62.0 Å².